The first-order valence-corrected chi connectivity index (χ1v) is 6.72. The Morgan fingerprint density at radius 1 is 1.44 bits per heavy atom. The molecule has 0 unspecified atom stereocenters. The van der Waals surface area contributed by atoms with Gasteiger partial charge in [-0.2, -0.15) is 0 Å². The smallest absolute Gasteiger partial charge is 0.233 e. The van der Waals surface area contributed by atoms with Gasteiger partial charge in [-0.05, 0) is 43.4 Å². The largest absolute Gasteiger partial charge is 0.275 e. The third-order valence-corrected chi connectivity index (χ3v) is 5.26. The lowest BCUT2D eigenvalue weighted by molar-refractivity contribution is -0.150. The van der Waals surface area contributed by atoms with Gasteiger partial charge in [0.25, 0.3) is 0 Å². The fourth-order valence-corrected chi connectivity index (χ4v) is 4.50. The number of nitrogens with zero attached hydrogens (tertiary/aromatic N) is 2. The Labute approximate surface area is 97.8 Å². The van der Waals surface area contributed by atoms with Crippen LogP contribution in [0.1, 0.15) is 46.0 Å². The van der Waals surface area contributed by atoms with Crippen molar-refractivity contribution in [3.63, 3.8) is 0 Å². The first-order valence-electron chi connectivity index (χ1n) is 6.72. The molecule has 16 heavy (non-hydrogen) atoms. The standard InChI is InChI=1S/C13H22N2O/c1-3-13-6-4-8-14-12(13)11(5-7-13)9-15(14)10(2)16/h11-12H,3-9H2,1-2H3/t11-,12+,13-/m1/s1. The number of amides is 1. The molecule has 0 aromatic heterocycles. The second-order valence-electron chi connectivity index (χ2n) is 5.83. The van der Waals surface area contributed by atoms with Gasteiger partial charge < -0.3 is 0 Å². The van der Waals surface area contributed by atoms with Gasteiger partial charge in [0.15, 0.2) is 0 Å². The highest BCUT2D eigenvalue weighted by atomic mass is 16.2. The predicted octanol–water partition coefficient (Wildman–Crippen LogP) is 2.03. The number of carbonyl (C=O) groups excluding carboxylic acids is 1. The maximum Gasteiger partial charge on any atom is 0.233 e. The van der Waals surface area contributed by atoms with Gasteiger partial charge in [0, 0.05) is 26.1 Å². The molecule has 0 radical (unpaired) electrons. The normalized spacial score (nSPS) is 42.5. The van der Waals surface area contributed by atoms with Crippen LogP contribution >= 0.6 is 0 Å². The molecule has 0 spiro atoms. The Morgan fingerprint density at radius 2 is 2.25 bits per heavy atom. The highest BCUT2D eigenvalue weighted by Gasteiger charge is 2.57. The topological polar surface area (TPSA) is 23.6 Å². The lowest BCUT2D eigenvalue weighted by Crippen LogP contribution is -2.53. The van der Waals surface area contributed by atoms with Gasteiger partial charge in [0.2, 0.25) is 5.91 Å². The SMILES string of the molecule is CC[C@]12CCCN3[C@H]1[C@H](CC2)CN3C(C)=O. The molecule has 1 amide bonds. The van der Waals surface area contributed by atoms with E-state index in [0.29, 0.717) is 11.5 Å². The van der Waals surface area contributed by atoms with Gasteiger partial charge in [-0.1, -0.05) is 6.92 Å². The van der Waals surface area contributed by atoms with Crippen LogP contribution in [0.3, 0.4) is 0 Å². The molecule has 3 rings (SSSR count). The summed E-state index contributed by atoms with van der Waals surface area (Å²) in [7, 11) is 0. The van der Waals surface area contributed by atoms with Gasteiger partial charge in [0.1, 0.15) is 0 Å². The summed E-state index contributed by atoms with van der Waals surface area (Å²) in [6.45, 7) is 6.13. The molecule has 90 valence electrons. The van der Waals surface area contributed by atoms with Crippen molar-refractivity contribution in [2.45, 2.75) is 52.0 Å². The zero-order chi connectivity index (χ0) is 11.3. The van der Waals surface area contributed by atoms with Crippen LogP contribution in [-0.2, 0) is 4.79 Å². The van der Waals surface area contributed by atoms with E-state index in [4.69, 9.17) is 0 Å². The summed E-state index contributed by atoms with van der Waals surface area (Å²) in [5.74, 6) is 0.991. The molecular formula is C13H22N2O. The molecule has 2 saturated heterocycles. The van der Waals surface area contributed by atoms with Crippen molar-refractivity contribution >= 4 is 5.91 Å². The summed E-state index contributed by atoms with van der Waals surface area (Å²) in [4.78, 5) is 11.7. The maximum atomic E-state index is 11.7. The van der Waals surface area contributed by atoms with Crippen LogP contribution in [0.4, 0.5) is 0 Å². The van der Waals surface area contributed by atoms with E-state index in [-0.39, 0.29) is 5.91 Å². The Kier molecular flexibility index (Phi) is 2.29. The van der Waals surface area contributed by atoms with Crippen LogP contribution in [0, 0.1) is 11.3 Å². The van der Waals surface area contributed by atoms with Crippen molar-refractivity contribution in [1.29, 1.82) is 0 Å². The first kappa shape index (κ1) is 10.6. The van der Waals surface area contributed by atoms with Gasteiger partial charge >= 0.3 is 0 Å². The highest BCUT2D eigenvalue weighted by Crippen LogP contribution is 2.55. The summed E-state index contributed by atoms with van der Waals surface area (Å²) in [6.07, 6.45) is 6.66. The van der Waals surface area contributed by atoms with Gasteiger partial charge in [-0.15, -0.1) is 0 Å². The van der Waals surface area contributed by atoms with E-state index in [9.17, 15) is 4.79 Å². The van der Waals surface area contributed by atoms with Crippen LogP contribution in [0.25, 0.3) is 0 Å². The molecule has 1 saturated carbocycles. The molecule has 0 aromatic rings. The Hall–Kier alpha value is -0.570. The number of rotatable bonds is 1. The number of hydrogen-bond donors (Lipinski definition) is 0. The third kappa shape index (κ3) is 1.21. The molecule has 3 fully saturated rings. The summed E-state index contributed by atoms with van der Waals surface area (Å²) >= 11 is 0. The lowest BCUT2D eigenvalue weighted by atomic mass is 9.73. The van der Waals surface area contributed by atoms with Crippen LogP contribution in [0.5, 0.6) is 0 Å². The minimum Gasteiger partial charge on any atom is -0.275 e. The predicted molar refractivity (Wildman–Crippen MR) is 62.6 cm³/mol. The molecule has 3 aliphatic rings. The molecule has 3 heteroatoms. The second-order valence-corrected chi connectivity index (χ2v) is 5.83. The zero-order valence-electron chi connectivity index (χ0n) is 10.4. The van der Waals surface area contributed by atoms with Gasteiger partial charge in [-0.25, -0.2) is 5.01 Å². The van der Waals surface area contributed by atoms with E-state index in [2.05, 4.69) is 11.9 Å². The van der Waals surface area contributed by atoms with Crippen molar-refractivity contribution < 1.29 is 4.79 Å². The van der Waals surface area contributed by atoms with Crippen molar-refractivity contribution in [2.75, 3.05) is 13.1 Å². The van der Waals surface area contributed by atoms with E-state index in [1.165, 1.54) is 32.1 Å². The molecule has 0 N–H and O–H groups in total. The van der Waals surface area contributed by atoms with E-state index >= 15 is 0 Å². The van der Waals surface area contributed by atoms with Crippen LogP contribution in [0.15, 0.2) is 0 Å². The van der Waals surface area contributed by atoms with E-state index in [0.717, 1.165) is 19.0 Å². The van der Waals surface area contributed by atoms with E-state index < -0.39 is 0 Å². The van der Waals surface area contributed by atoms with Crippen LogP contribution in [0.2, 0.25) is 0 Å². The number of carbonyl (C=O) groups is 1. The van der Waals surface area contributed by atoms with Crippen LogP contribution in [-0.4, -0.2) is 35.1 Å². The molecule has 1 aliphatic carbocycles. The van der Waals surface area contributed by atoms with Gasteiger partial charge in [-0.3, -0.25) is 9.80 Å². The lowest BCUT2D eigenvalue weighted by Gasteiger charge is -2.46. The molecule has 3 atom stereocenters. The fraction of sp³-hybridized carbons (Fsp3) is 0.923. The quantitative estimate of drug-likeness (QED) is 0.678. The van der Waals surface area contributed by atoms with Crippen molar-refractivity contribution in [1.82, 2.24) is 10.0 Å². The average Bonchev–Trinajstić information content (AvgIpc) is 2.83. The molecule has 3 nitrogen and oxygen atoms in total. The van der Waals surface area contributed by atoms with Crippen molar-refractivity contribution in [3.05, 3.63) is 0 Å². The highest BCUT2D eigenvalue weighted by molar-refractivity contribution is 5.73. The summed E-state index contributed by atoms with van der Waals surface area (Å²) in [6, 6.07) is 0.676. The monoisotopic (exact) mass is 222 g/mol. The number of hydrogen-bond acceptors (Lipinski definition) is 2. The van der Waals surface area contributed by atoms with E-state index in [1.807, 2.05) is 5.01 Å². The van der Waals surface area contributed by atoms with E-state index in [1.54, 1.807) is 6.92 Å². The summed E-state index contributed by atoms with van der Waals surface area (Å²) < 4.78 is 0. The molecular weight excluding hydrogens is 200 g/mol. The molecule has 0 bridgehead atoms. The zero-order valence-corrected chi connectivity index (χ0v) is 10.4. The molecule has 0 aromatic carbocycles. The summed E-state index contributed by atoms with van der Waals surface area (Å²) in [5.41, 5.74) is 0.535. The second kappa shape index (κ2) is 3.46. The van der Waals surface area contributed by atoms with Gasteiger partial charge in [0.05, 0.1) is 0 Å². The average molecular weight is 222 g/mol. The Bertz CT molecular complexity index is 313. The number of hydrazine groups is 1. The number of piperidine rings is 1. The first-order chi connectivity index (χ1) is 7.68. The fourth-order valence-electron chi connectivity index (χ4n) is 4.50. The molecule has 2 heterocycles. The Balaban J connectivity index is 1.93. The van der Waals surface area contributed by atoms with Crippen LogP contribution < -0.4 is 0 Å². The van der Waals surface area contributed by atoms with Crippen molar-refractivity contribution in [3.8, 4) is 0 Å². The summed E-state index contributed by atoms with van der Waals surface area (Å²) in [5, 5.41) is 4.44. The van der Waals surface area contributed by atoms with Crippen molar-refractivity contribution in [2.24, 2.45) is 11.3 Å². The minimum absolute atomic E-state index is 0.237. The maximum absolute atomic E-state index is 11.7. The minimum atomic E-state index is 0.237. The molecule has 2 aliphatic heterocycles. The third-order valence-electron chi connectivity index (χ3n) is 5.26. The Morgan fingerprint density at radius 3 is 2.94 bits per heavy atom.